The highest BCUT2D eigenvalue weighted by Crippen LogP contribution is 2.25. The van der Waals surface area contributed by atoms with E-state index >= 15 is 0 Å². The smallest absolute Gasteiger partial charge is 0.282 e. The van der Waals surface area contributed by atoms with Gasteiger partial charge in [0.15, 0.2) is 0 Å². The van der Waals surface area contributed by atoms with Crippen molar-refractivity contribution in [1.29, 1.82) is 0 Å². The summed E-state index contributed by atoms with van der Waals surface area (Å²) >= 11 is 5.81. The van der Waals surface area contributed by atoms with Crippen LogP contribution in [-0.2, 0) is 0 Å². The Morgan fingerprint density at radius 2 is 1.94 bits per heavy atom. The molecule has 0 unspecified atom stereocenters. The second-order valence-electron chi connectivity index (χ2n) is 4.27. The summed E-state index contributed by atoms with van der Waals surface area (Å²) in [5.74, 6) is -0.302. The number of nitrogens with zero attached hydrogens (tertiary/aromatic N) is 2. The van der Waals surface area contributed by atoms with E-state index in [1.165, 1.54) is 18.2 Å². The van der Waals surface area contributed by atoms with Crippen molar-refractivity contribution in [2.24, 2.45) is 0 Å². The quantitative estimate of drug-likeness (QED) is 0.612. The zero-order valence-electron chi connectivity index (χ0n) is 9.76. The van der Waals surface area contributed by atoms with Gasteiger partial charge in [0.05, 0.1) is 4.92 Å². The topological polar surface area (TPSA) is 63.4 Å². The number of likely N-dealkylation sites (tertiary alicyclic amines) is 1. The number of amides is 1. The fourth-order valence-corrected chi connectivity index (χ4v) is 2.28. The van der Waals surface area contributed by atoms with E-state index in [0.717, 1.165) is 19.3 Å². The van der Waals surface area contributed by atoms with E-state index in [2.05, 4.69) is 0 Å². The third kappa shape index (κ3) is 2.61. The average Bonchev–Trinajstić information content (AvgIpc) is 2.38. The van der Waals surface area contributed by atoms with Gasteiger partial charge >= 0.3 is 0 Å². The highest BCUT2D eigenvalue weighted by molar-refractivity contribution is 6.31. The van der Waals surface area contributed by atoms with Crippen LogP contribution in [0.2, 0.25) is 5.02 Å². The van der Waals surface area contributed by atoms with E-state index in [1.54, 1.807) is 4.90 Å². The molecule has 0 aliphatic carbocycles. The maximum atomic E-state index is 12.2. The summed E-state index contributed by atoms with van der Waals surface area (Å²) in [6.45, 7) is 1.31. The third-order valence-electron chi connectivity index (χ3n) is 3.03. The summed E-state index contributed by atoms with van der Waals surface area (Å²) in [4.78, 5) is 24.3. The van der Waals surface area contributed by atoms with Crippen LogP contribution in [0.5, 0.6) is 0 Å². The largest absolute Gasteiger partial charge is 0.338 e. The zero-order valence-corrected chi connectivity index (χ0v) is 10.5. The number of carbonyl (C=O) groups excluding carboxylic acids is 1. The molecule has 96 valence electrons. The van der Waals surface area contributed by atoms with Crippen LogP contribution in [0.4, 0.5) is 5.69 Å². The van der Waals surface area contributed by atoms with Gasteiger partial charge in [-0.3, -0.25) is 14.9 Å². The SMILES string of the molecule is O=C(c1cc(Cl)ccc1[N+](=O)[O-])N1CCCCC1. The molecule has 0 radical (unpaired) electrons. The van der Waals surface area contributed by atoms with Crippen molar-refractivity contribution in [3.8, 4) is 0 Å². The van der Waals surface area contributed by atoms with Gasteiger partial charge in [0.2, 0.25) is 0 Å². The summed E-state index contributed by atoms with van der Waals surface area (Å²) in [6.07, 6.45) is 2.99. The summed E-state index contributed by atoms with van der Waals surface area (Å²) in [6, 6.07) is 4.07. The van der Waals surface area contributed by atoms with Crippen molar-refractivity contribution >= 4 is 23.2 Å². The fourth-order valence-electron chi connectivity index (χ4n) is 2.11. The Hall–Kier alpha value is -1.62. The van der Waals surface area contributed by atoms with Crippen LogP contribution >= 0.6 is 11.6 Å². The summed E-state index contributed by atoms with van der Waals surface area (Å²) in [5.41, 5.74) is -0.107. The minimum absolute atomic E-state index is 0.0781. The second-order valence-corrected chi connectivity index (χ2v) is 4.71. The lowest BCUT2D eigenvalue weighted by Gasteiger charge is -2.26. The molecule has 1 fully saturated rings. The first-order valence-corrected chi connectivity index (χ1v) is 6.20. The molecule has 1 heterocycles. The van der Waals surface area contributed by atoms with Gasteiger partial charge in [0.25, 0.3) is 11.6 Å². The van der Waals surface area contributed by atoms with Crippen molar-refractivity contribution in [3.63, 3.8) is 0 Å². The van der Waals surface area contributed by atoms with Crippen LogP contribution in [0.15, 0.2) is 18.2 Å². The Labute approximate surface area is 109 Å². The van der Waals surface area contributed by atoms with Gasteiger partial charge < -0.3 is 4.90 Å². The van der Waals surface area contributed by atoms with Crippen LogP contribution in [0, 0.1) is 10.1 Å². The average molecular weight is 269 g/mol. The van der Waals surface area contributed by atoms with Gasteiger partial charge in [-0.15, -0.1) is 0 Å². The predicted molar refractivity (Wildman–Crippen MR) is 67.9 cm³/mol. The molecule has 0 aromatic heterocycles. The van der Waals surface area contributed by atoms with Crippen LogP contribution < -0.4 is 0 Å². The molecule has 6 heteroatoms. The van der Waals surface area contributed by atoms with Gasteiger partial charge in [-0.25, -0.2) is 0 Å². The Morgan fingerprint density at radius 3 is 2.56 bits per heavy atom. The van der Waals surface area contributed by atoms with E-state index < -0.39 is 4.92 Å². The summed E-state index contributed by atoms with van der Waals surface area (Å²) < 4.78 is 0. The monoisotopic (exact) mass is 268 g/mol. The number of rotatable bonds is 2. The first-order valence-electron chi connectivity index (χ1n) is 5.83. The Bertz CT molecular complexity index is 484. The van der Waals surface area contributed by atoms with Gasteiger partial charge in [0, 0.05) is 24.2 Å². The molecular formula is C12H13ClN2O3. The van der Waals surface area contributed by atoms with Crippen molar-refractivity contribution < 1.29 is 9.72 Å². The highest BCUT2D eigenvalue weighted by Gasteiger charge is 2.25. The molecule has 0 bridgehead atoms. The first kappa shape index (κ1) is 12.8. The molecule has 0 spiro atoms. The molecule has 1 aromatic rings. The van der Waals surface area contributed by atoms with Gasteiger partial charge in [-0.05, 0) is 31.4 Å². The molecule has 1 saturated heterocycles. The van der Waals surface area contributed by atoms with E-state index in [4.69, 9.17) is 11.6 Å². The first-order chi connectivity index (χ1) is 8.59. The number of carbonyl (C=O) groups is 1. The van der Waals surface area contributed by atoms with Crippen LogP contribution in [0.25, 0.3) is 0 Å². The minimum atomic E-state index is -0.548. The van der Waals surface area contributed by atoms with E-state index in [9.17, 15) is 14.9 Å². The van der Waals surface area contributed by atoms with Crippen molar-refractivity contribution in [3.05, 3.63) is 38.9 Å². The second kappa shape index (κ2) is 5.35. The molecule has 1 aliphatic heterocycles. The normalized spacial score (nSPS) is 15.5. The number of piperidine rings is 1. The molecule has 1 amide bonds. The summed E-state index contributed by atoms with van der Waals surface area (Å²) in [5, 5.41) is 11.2. The highest BCUT2D eigenvalue weighted by atomic mass is 35.5. The zero-order chi connectivity index (χ0) is 13.1. The molecule has 18 heavy (non-hydrogen) atoms. The number of hydrogen-bond donors (Lipinski definition) is 0. The predicted octanol–water partition coefficient (Wildman–Crippen LogP) is 2.87. The maximum absolute atomic E-state index is 12.2. The molecule has 5 nitrogen and oxygen atoms in total. The van der Waals surface area contributed by atoms with Crippen LogP contribution in [-0.4, -0.2) is 28.8 Å². The van der Waals surface area contributed by atoms with Gasteiger partial charge in [0.1, 0.15) is 5.56 Å². The Morgan fingerprint density at radius 1 is 1.28 bits per heavy atom. The number of nitro benzene ring substituents is 1. The van der Waals surface area contributed by atoms with Gasteiger partial charge in [-0.1, -0.05) is 11.6 Å². The van der Waals surface area contributed by atoms with Crippen molar-refractivity contribution in [2.45, 2.75) is 19.3 Å². The van der Waals surface area contributed by atoms with Crippen molar-refractivity contribution in [2.75, 3.05) is 13.1 Å². The van der Waals surface area contributed by atoms with E-state index in [-0.39, 0.29) is 17.2 Å². The maximum Gasteiger partial charge on any atom is 0.282 e. The third-order valence-corrected chi connectivity index (χ3v) is 3.26. The lowest BCUT2D eigenvalue weighted by molar-refractivity contribution is -0.385. The van der Waals surface area contributed by atoms with Crippen molar-refractivity contribution in [1.82, 2.24) is 4.90 Å². The molecule has 1 aliphatic rings. The molecule has 0 saturated carbocycles. The van der Waals surface area contributed by atoms with Crippen LogP contribution in [0.1, 0.15) is 29.6 Å². The number of nitro groups is 1. The lowest BCUT2D eigenvalue weighted by atomic mass is 10.1. The molecule has 2 rings (SSSR count). The molecule has 0 atom stereocenters. The Balaban J connectivity index is 2.33. The number of benzene rings is 1. The fraction of sp³-hybridized carbons (Fsp3) is 0.417. The van der Waals surface area contributed by atoms with Crippen LogP contribution in [0.3, 0.4) is 0 Å². The van der Waals surface area contributed by atoms with Gasteiger partial charge in [-0.2, -0.15) is 0 Å². The number of hydrogen-bond acceptors (Lipinski definition) is 3. The Kier molecular flexibility index (Phi) is 3.81. The minimum Gasteiger partial charge on any atom is -0.338 e. The standard InChI is InChI=1S/C12H13ClN2O3/c13-9-4-5-11(15(17)18)10(8-9)12(16)14-6-2-1-3-7-14/h4-5,8H,1-3,6-7H2. The number of halogens is 1. The lowest BCUT2D eigenvalue weighted by Crippen LogP contribution is -2.35. The summed E-state index contributed by atoms with van der Waals surface area (Å²) in [7, 11) is 0. The molecular weight excluding hydrogens is 256 g/mol. The molecule has 1 aromatic carbocycles. The van der Waals surface area contributed by atoms with E-state index in [0.29, 0.717) is 18.1 Å². The molecule has 0 N–H and O–H groups in total. The van der Waals surface area contributed by atoms with E-state index in [1.807, 2.05) is 0 Å².